The van der Waals surface area contributed by atoms with Crippen LogP contribution in [0.4, 0.5) is 30.7 Å². The van der Waals surface area contributed by atoms with Gasteiger partial charge in [-0.25, -0.2) is 17.6 Å². The molecular weight excluding hydrogens is 517 g/mol. The average Bonchev–Trinajstić information content (AvgIpc) is 2.86. The molecule has 0 bridgehead atoms. The number of benzene rings is 5. The maximum Gasteiger partial charge on any atom is 0.458 e. The van der Waals surface area contributed by atoms with E-state index in [9.17, 15) is 26.3 Å². The first-order chi connectivity index (χ1) is 18.5. The van der Waals surface area contributed by atoms with Crippen molar-refractivity contribution in [3.8, 4) is 34.8 Å². The molecule has 0 aliphatic carbocycles. The van der Waals surface area contributed by atoms with Crippen LogP contribution in [0.15, 0.2) is 72.8 Å². The molecular formula is C32H15F7. The average molecular weight is 532 g/mol. The van der Waals surface area contributed by atoms with Crippen LogP contribution in [0, 0.1) is 53.9 Å². The second kappa shape index (κ2) is 9.85. The van der Waals surface area contributed by atoms with Crippen LogP contribution in [0.1, 0.15) is 22.3 Å². The van der Waals surface area contributed by atoms with E-state index in [4.69, 9.17) is 0 Å². The van der Waals surface area contributed by atoms with Crippen LogP contribution in [-0.2, 0) is 0 Å². The number of aryl methyl sites for hydroxylation is 1. The molecule has 192 valence electrons. The van der Waals surface area contributed by atoms with Gasteiger partial charge in [-0.05, 0) is 71.1 Å². The highest BCUT2D eigenvalue weighted by molar-refractivity contribution is 5.90. The number of hydrogen-bond donors (Lipinski definition) is 0. The van der Waals surface area contributed by atoms with Gasteiger partial charge in [-0.1, -0.05) is 53.7 Å². The van der Waals surface area contributed by atoms with E-state index in [-0.39, 0.29) is 16.5 Å². The molecule has 0 saturated heterocycles. The van der Waals surface area contributed by atoms with Crippen LogP contribution in [0.25, 0.3) is 32.7 Å². The Labute approximate surface area is 218 Å². The zero-order chi connectivity index (χ0) is 27.9. The molecule has 0 fully saturated rings. The van der Waals surface area contributed by atoms with Crippen molar-refractivity contribution in [3.63, 3.8) is 0 Å². The summed E-state index contributed by atoms with van der Waals surface area (Å²) in [5, 5.41) is 1.04. The van der Waals surface area contributed by atoms with E-state index in [0.717, 1.165) is 46.0 Å². The van der Waals surface area contributed by atoms with Gasteiger partial charge in [-0.3, -0.25) is 0 Å². The molecule has 0 aliphatic rings. The Balaban J connectivity index is 1.49. The summed E-state index contributed by atoms with van der Waals surface area (Å²) in [4.78, 5) is 0. The molecule has 0 aromatic heterocycles. The molecule has 0 heterocycles. The van der Waals surface area contributed by atoms with E-state index < -0.39 is 40.4 Å². The third-order valence-corrected chi connectivity index (χ3v) is 6.04. The second-order valence-corrected chi connectivity index (χ2v) is 8.86. The predicted molar refractivity (Wildman–Crippen MR) is 137 cm³/mol. The SMILES string of the molecule is Cc1ccc2cc(C#Cc3ccc(-c4cc(F)c5c(F)c(C#CC(F)(F)F)c(F)cc5c4)c(F)c3)ccc2c1. The lowest BCUT2D eigenvalue weighted by Gasteiger charge is -2.10. The van der Waals surface area contributed by atoms with E-state index in [1.54, 1.807) is 0 Å². The molecule has 0 saturated carbocycles. The molecule has 5 aromatic rings. The molecule has 0 spiro atoms. The lowest BCUT2D eigenvalue weighted by molar-refractivity contribution is -0.0696. The van der Waals surface area contributed by atoms with Gasteiger partial charge in [-0.2, -0.15) is 13.2 Å². The zero-order valence-corrected chi connectivity index (χ0v) is 20.1. The number of rotatable bonds is 1. The van der Waals surface area contributed by atoms with Gasteiger partial charge in [0.05, 0.1) is 10.9 Å². The molecule has 39 heavy (non-hydrogen) atoms. The largest absolute Gasteiger partial charge is 0.458 e. The van der Waals surface area contributed by atoms with Gasteiger partial charge >= 0.3 is 6.18 Å². The topological polar surface area (TPSA) is 0 Å². The highest BCUT2D eigenvalue weighted by atomic mass is 19.4. The van der Waals surface area contributed by atoms with E-state index in [0.29, 0.717) is 11.6 Å². The lowest BCUT2D eigenvalue weighted by atomic mass is 9.97. The van der Waals surface area contributed by atoms with Crippen molar-refractivity contribution in [2.45, 2.75) is 13.1 Å². The third kappa shape index (κ3) is 5.44. The zero-order valence-electron chi connectivity index (χ0n) is 20.1. The van der Waals surface area contributed by atoms with Crippen molar-refractivity contribution in [1.29, 1.82) is 0 Å². The highest BCUT2D eigenvalue weighted by Gasteiger charge is 2.24. The summed E-state index contributed by atoms with van der Waals surface area (Å²) in [6, 6.07) is 18.4. The summed E-state index contributed by atoms with van der Waals surface area (Å²) in [6.45, 7) is 2.00. The Kier molecular flexibility index (Phi) is 6.54. The van der Waals surface area contributed by atoms with Gasteiger partial charge in [0.25, 0.3) is 0 Å². The minimum Gasteiger partial charge on any atom is -0.206 e. The number of hydrogen-bond acceptors (Lipinski definition) is 0. The van der Waals surface area contributed by atoms with Gasteiger partial charge in [-0.15, -0.1) is 0 Å². The van der Waals surface area contributed by atoms with Crippen LogP contribution < -0.4 is 0 Å². The van der Waals surface area contributed by atoms with Crippen LogP contribution in [0.3, 0.4) is 0 Å². The van der Waals surface area contributed by atoms with Crippen molar-refractivity contribution in [2.24, 2.45) is 0 Å². The molecule has 5 rings (SSSR count). The van der Waals surface area contributed by atoms with Crippen LogP contribution in [0.5, 0.6) is 0 Å². The van der Waals surface area contributed by atoms with Gasteiger partial charge in [0, 0.05) is 22.6 Å². The summed E-state index contributed by atoms with van der Waals surface area (Å²) in [7, 11) is 0. The first kappa shape index (κ1) is 25.9. The first-order valence-corrected chi connectivity index (χ1v) is 11.5. The van der Waals surface area contributed by atoms with E-state index in [1.807, 2.05) is 37.3 Å². The van der Waals surface area contributed by atoms with Crippen molar-refractivity contribution in [2.75, 3.05) is 0 Å². The Morgan fingerprint density at radius 3 is 1.97 bits per heavy atom. The maximum absolute atomic E-state index is 15.0. The second-order valence-electron chi connectivity index (χ2n) is 8.86. The molecule has 5 aromatic carbocycles. The van der Waals surface area contributed by atoms with E-state index in [1.165, 1.54) is 18.1 Å². The molecule has 0 amide bonds. The van der Waals surface area contributed by atoms with Gasteiger partial charge in [0.2, 0.25) is 0 Å². The summed E-state index contributed by atoms with van der Waals surface area (Å²) < 4.78 is 96.1. The van der Waals surface area contributed by atoms with Crippen molar-refractivity contribution in [1.82, 2.24) is 0 Å². The molecule has 0 unspecified atom stereocenters. The van der Waals surface area contributed by atoms with Gasteiger partial charge < -0.3 is 0 Å². The van der Waals surface area contributed by atoms with Crippen LogP contribution >= 0.6 is 0 Å². The molecule has 7 heteroatoms. The maximum atomic E-state index is 15.0. The fraction of sp³-hybridized carbons (Fsp3) is 0.0625. The van der Waals surface area contributed by atoms with Crippen molar-refractivity contribution >= 4 is 21.5 Å². The lowest BCUT2D eigenvalue weighted by Crippen LogP contribution is -2.03. The van der Waals surface area contributed by atoms with Crippen LogP contribution in [0.2, 0.25) is 0 Å². The standard InChI is InChI=1S/C32H15F7/c1-18-2-7-22-13-19(5-8-21(22)12-18)3-4-20-6-9-25(27(33)14-20)23-15-24-17-28(34)26(10-11-32(37,38)39)31(36)30(24)29(35)16-23/h2,5-9,12-17H,1H3. The minimum absolute atomic E-state index is 0.0187. The highest BCUT2D eigenvalue weighted by Crippen LogP contribution is 2.33. The minimum atomic E-state index is -4.99. The van der Waals surface area contributed by atoms with Crippen molar-refractivity contribution < 1.29 is 30.7 Å². The fourth-order valence-electron chi connectivity index (χ4n) is 4.23. The summed E-state index contributed by atoms with van der Waals surface area (Å²) >= 11 is 0. The quantitative estimate of drug-likeness (QED) is 0.149. The van der Waals surface area contributed by atoms with Gasteiger partial charge in [0.15, 0.2) is 5.82 Å². The molecule has 0 radical (unpaired) electrons. The third-order valence-electron chi connectivity index (χ3n) is 6.04. The Morgan fingerprint density at radius 1 is 0.590 bits per heavy atom. The normalized spacial score (nSPS) is 11.2. The summed E-state index contributed by atoms with van der Waals surface area (Å²) in [6.07, 6.45) is -4.99. The Bertz CT molecular complexity index is 1910. The fourth-order valence-corrected chi connectivity index (χ4v) is 4.23. The van der Waals surface area contributed by atoms with E-state index >= 15 is 4.39 Å². The molecule has 0 N–H and O–H groups in total. The Hall–Kier alpha value is -4.75. The van der Waals surface area contributed by atoms with Gasteiger partial charge in [0.1, 0.15) is 17.5 Å². The number of fused-ring (bicyclic) bond motifs is 2. The first-order valence-electron chi connectivity index (χ1n) is 11.5. The molecule has 0 atom stereocenters. The number of halogens is 7. The molecule has 0 nitrogen and oxygen atoms in total. The predicted octanol–water partition coefficient (Wildman–Crippen LogP) is 8.84. The van der Waals surface area contributed by atoms with Crippen molar-refractivity contribution in [3.05, 3.63) is 118 Å². The monoisotopic (exact) mass is 532 g/mol. The Morgan fingerprint density at radius 2 is 1.26 bits per heavy atom. The summed E-state index contributed by atoms with van der Waals surface area (Å²) in [5.41, 5.74) is 0.946. The van der Waals surface area contributed by atoms with Crippen LogP contribution in [-0.4, -0.2) is 6.18 Å². The smallest absolute Gasteiger partial charge is 0.206 e. The summed E-state index contributed by atoms with van der Waals surface area (Å²) in [5.74, 6) is 3.09. The number of alkyl halides is 3. The molecule has 0 aliphatic heterocycles. The van der Waals surface area contributed by atoms with E-state index in [2.05, 4.69) is 17.9 Å².